The number of ether oxygens (including phenoxy) is 1. The third kappa shape index (κ3) is 2.98. The second-order valence-corrected chi connectivity index (χ2v) is 5.20. The molecule has 7 nitrogen and oxygen atoms in total. The third-order valence-corrected chi connectivity index (χ3v) is 3.53. The second-order valence-electron chi connectivity index (χ2n) is 5.20. The van der Waals surface area contributed by atoms with Crippen molar-refractivity contribution in [1.29, 1.82) is 0 Å². The molecular weight excluding hydrogens is 294 g/mol. The van der Waals surface area contributed by atoms with Crippen LogP contribution < -0.4 is 10.1 Å². The quantitative estimate of drug-likeness (QED) is 0.791. The molecule has 0 atom stereocenters. The average Bonchev–Trinajstić information content (AvgIpc) is 2.86. The van der Waals surface area contributed by atoms with Crippen molar-refractivity contribution in [2.24, 2.45) is 7.05 Å². The highest BCUT2D eigenvalue weighted by atomic mass is 16.5. The second kappa shape index (κ2) is 6.04. The number of carbonyl (C=O) groups is 1. The van der Waals surface area contributed by atoms with E-state index in [-0.39, 0.29) is 5.91 Å². The minimum absolute atomic E-state index is 0.173. The van der Waals surface area contributed by atoms with E-state index in [9.17, 15) is 4.79 Å². The lowest BCUT2D eigenvalue weighted by molar-refractivity contribution is 0.0950. The fraction of sp³-hybridized carbons (Fsp3) is 0.250. The van der Waals surface area contributed by atoms with Crippen LogP contribution in [-0.2, 0) is 13.6 Å². The number of methoxy groups -OCH3 is 1. The van der Waals surface area contributed by atoms with Gasteiger partial charge in [0.15, 0.2) is 0 Å². The van der Waals surface area contributed by atoms with Gasteiger partial charge >= 0.3 is 0 Å². The Hall–Kier alpha value is -2.96. The number of aromatic nitrogens is 4. The Morgan fingerprint density at radius 2 is 2.13 bits per heavy atom. The summed E-state index contributed by atoms with van der Waals surface area (Å²) in [6, 6.07) is 7.18. The molecule has 0 aliphatic rings. The lowest BCUT2D eigenvalue weighted by Crippen LogP contribution is -2.23. The van der Waals surface area contributed by atoms with Gasteiger partial charge in [0, 0.05) is 18.3 Å². The van der Waals surface area contributed by atoms with E-state index in [0.717, 1.165) is 22.3 Å². The molecule has 0 saturated heterocycles. The Morgan fingerprint density at radius 3 is 2.87 bits per heavy atom. The normalized spacial score (nSPS) is 10.7. The van der Waals surface area contributed by atoms with Gasteiger partial charge < -0.3 is 10.1 Å². The summed E-state index contributed by atoms with van der Waals surface area (Å²) in [5.41, 5.74) is 2.90. The lowest BCUT2D eigenvalue weighted by atomic mass is 10.1. The van der Waals surface area contributed by atoms with E-state index < -0.39 is 0 Å². The summed E-state index contributed by atoms with van der Waals surface area (Å²) in [6.45, 7) is 2.24. The molecule has 0 spiro atoms. The van der Waals surface area contributed by atoms with Gasteiger partial charge in [-0.15, -0.1) is 0 Å². The van der Waals surface area contributed by atoms with Gasteiger partial charge in [-0.05, 0) is 31.2 Å². The first kappa shape index (κ1) is 15.0. The molecule has 1 aromatic carbocycles. The van der Waals surface area contributed by atoms with E-state index in [1.165, 1.54) is 6.33 Å². The first-order valence-corrected chi connectivity index (χ1v) is 7.15. The van der Waals surface area contributed by atoms with Gasteiger partial charge in [-0.3, -0.25) is 4.79 Å². The molecule has 23 heavy (non-hydrogen) atoms. The highest BCUT2D eigenvalue weighted by molar-refractivity contribution is 5.98. The van der Waals surface area contributed by atoms with Gasteiger partial charge in [-0.25, -0.2) is 14.6 Å². The molecule has 0 radical (unpaired) electrons. The van der Waals surface area contributed by atoms with Gasteiger partial charge in [0.2, 0.25) is 5.88 Å². The van der Waals surface area contributed by atoms with Gasteiger partial charge in [-0.2, -0.15) is 5.10 Å². The number of nitrogens with one attached hydrogen (secondary N) is 1. The summed E-state index contributed by atoms with van der Waals surface area (Å²) < 4.78 is 6.95. The highest BCUT2D eigenvalue weighted by Gasteiger charge is 2.12. The number of fused-ring (bicyclic) bond motifs is 1. The van der Waals surface area contributed by atoms with Crippen LogP contribution in [0.5, 0.6) is 5.88 Å². The van der Waals surface area contributed by atoms with Crippen LogP contribution in [0.4, 0.5) is 0 Å². The maximum absolute atomic E-state index is 12.3. The Balaban J connectivity index is 1.78. The van der Waals surface area contributed by atoms with Crippen LogP contribution in [0.2, 0.25) is 0 Å². The first-order valence-electron chi connectivity index (χ1n) is 7.15. The van der Waals surface area contributed by atoms with E-state index in [0.29, 0.717) is 18.0 Å². The van der Waals surface area contributed by atoms with E-state index >= 15 is 0 Å². The van der Waals surface area contributed by atoms with Gasteiger partial charge in [-0.1, -0.05) is 0 Å². The molecule has 0 bridgehead atoms. The highest BCUT2D eigenvalue weighted by Crippen LogP contribution is 2.25. The Morgan fingerprint density at radius 1 is 1.30 bits per heavy atom. The van der Waals surface area contributed by atoms with Crippen LogP contribution in [0.1, 0.15) is 21.7 Å². The number of carbonyl (C=O) groups excluding carboxylic acids is 1. The van der Waals surface area contributed by atoms with Crippen molar-refractivity contribution in [2.75, 3.05) is 7.11 Å². The molecule has 2 heterocycles. The van der Waals surface area contributed by atoms with Crippen molar-refractivity contribution in [1.82, 2.24) is 25.1 Å². The number of aryl methyl sites for hydroxylation is 2. The molecule has 118 valence electrons. The van der Waals surface area contributed by atoms with Gasteiger partial charge in [0.1, 0.15) is 6.33 Å². The van der Waals surface area contributed by atoms with Crippen molar-refractivity contribution in [2.45, 2.75) is 13.5 Å². The van der Waals surface area contributed by atoms with E-state index in [4.69, 9.17) is 4.74 Å². The molecule has 0 saturated carbocycles. The molecule has 7 heteroatoms. The smallest absolute Gasteiger partial charge is 0.251 e. The topological polar surface area (TPSA) is 81.9 Å². The number of rotatable bonds is 4. The summed E-state index contributed by atoms with van der Waals surface area (Å²) in [5, 5.41) is 8.07. The fourth-order valence-corrected chi connectivity index (χ4v) is 2.44. The minimum atomic E-state index is -0.173. The number of hydrogen-bond acceptors (Lipinski definition) is 5. The summed E-state index contributed by atoms with van der Waals surface area (Å²) in [6.07, 6.45) is 1.49. The maximum Gasteiger partial charge on any atom is 0.251 e. The number of benzene rings is 1. The predicted molar refractivity (Wildman–Crippen MR) is 85.2 cm³/mol. The van der Waals surface area contributed by atoms with Crippen molar-refractivity contribution >= 4 is 16.8 Å². The zero-order chi connectivity index (χ0) is 16.4. The fourth-order valence-electron chi connectivity index (χ4n) is 2.44. The monoisotopic (exact) mass is 311 g/mol. The third-order valence-electron chi connectivity index (χ3n) is 3.53. The predicted octanol–water partition coefficient (Wildman–Crippen LogP) is 1.61. The zero-order valence-electron chi connectivity index (χ0n) is 13.2. The van der Waals surface area contributed by atoms with Gasteiger partial charge in [0.25, 0.3) is 5.91 Å². The maximum atomic E-state index is 12.3. The average molecular weight is 311 g/mol. The largest absolute Gasteiger partial charge is 0.481 e. The molecule has 0 unspecified atom stereocenters. The molecule has 3 aromatic rings. The van der Waals surface area contributed by atoms with Crippen LogP contribution in [0.25, 0.3) is 10.9 Å². The van der Waals surface area contributed by atoms with Crippen molar-refractivity contribution in [3.05, 3.63) is 47.5 Å². The SMILES string of the molecule is COc1c2ccc(C(=O)NCc3cc(C)ncn3)cc2nn1C. The molecule has 3 rings (SSSR count). The van der Waals surface area contributed by atoms with E-state index in [2.05, 4.69) is 20.4 Å². The van der Waals surface area contributed by atoms with Crippen LogP contribution in [-0.4, -0.2) is 32.8 Å². The molecule has 0 fully saturated rings. The van der Waals surface area contributed by atoms with Crippen molar-refractivity contribution in [3.63, 3.8) is 0 Å². The summed E-state index contributed by atoms with van der Waals surface area (Å²) in [7, 11) is 3.40. The van der Waals surface area contributed by atoms with Gasteiger partial charge in [0.05, 0.1) is 30.3 Å². The first-order chi connectivity index (χ1) is 11.1. The standard InChI is InChI=1S/C16H17N5O2/c1-10-6-12(19-9-18-10)8-17-15(22)11-4-5-13-14(7-11)20-21(2)16(13)23-3/h4-7,9H,8H2,1-3H3,(H,17,22). The minimum Gasteiger partial charge on any atom is -0.481 e. The molecule has 1 N–H and O–H groups in total. The Labute approximate surface area is 133 Å². The van der Waals surface area contributed by atoms with Crippen LogP contribution >= 0.6 is 0 Å². The number of nitrogens with zero attached hydrogens (tertiary/aromatic N) is 4. The van der Waals surface area contributed by atoms with Crippen molar-refractivity contribution in [3.8, 4) is 5.88 Å². The molecule has 0 aliphatic carbocycles. The number of hydrogen-bond donors (Lipinski definition) is 1. The van der Waals surface area contributed by atoms with Crippen LogP contribution in [0.15, 0.2) is 30.6 Å². The van der Waals surface area contributed by atoms with Crippen LogP contribution in [0.3, 0.4) is 0 Å². The summed E-state index contributed by atoms with van der Waals surface area (Å²) >= 11 is 0. The molecular formula is C16H17N5O2. The summed E-state index contributed by atoms with van der Waals surface area (Å²) in [5.74, 6) is 0.496. The lowest BCUT2D eigenvalue weighted by Gasteiger charge is -2.05. The Kier molecular flexibility index (Phi) is 3.92. The van der Waals surface area contributed by atoms with E-state index in [1.54, 1.807) is 31.0 Å². The molecule has 2 aromatic heterocycles. The molecule has 0 aliphatic heterocycles. The van der Waals surface area contributed by atoms with Crippen molar-refractivity contribution < 1.29 is 9.53 Å². The molecule has 1 amide bonds. The number of amides is 1. The Bertz CT molecular complexity index is 872. The van der Waals surface area contributed by atoms with E-state index in [1.807, 2.05) is 19.1 Å². The zero-order valence-corrected chi connectivity index (χ0v) is 13.2. The summed E-state index contributed by atoms with van der Waals surface area (Å²) in [4.78, 5) is 20.4. The van der Waals surface area contributed by atoms with Crippen LogP contribution in [0, 0.1) is 6.92 Å².